The van der Waals surface area contributed by atoms with E-state index in [1.807, 2.05) is 0 Å². The summed E-state index contributed by atoms with van der Waals surface area (Å²) in [5, 5.41) is 12.1. The van der Waals surface area contributed by atoms with Gasteiger partial charge in [-0.2, -0.15) is 0 Å². The molecule has 0 bridgehead atoms. The summed E-state index contributed by atoms with van der Waals surface area (Å²) >= 11 is 0. The molecule has 6 nitrogen and oxygen atoms in total. The van der Waals surface area contributed by atoms with E-state index >= 15 is 0 Å². The van der Waals surface area contributed by atoms with Crippen LogP contribution >= 0.6 is 0 Å². The van der Waals surface area contributed by atoms with Crippen LogP contribution in [0.5, 0.6) is 0 Å². The summed E-state index contributed by atoms with van der Waals surface area (Å²) < 4.78 is 10.6. The summed E-state index contributed by atoms with van der Waals surface area (Å²) in [6.07, 6.45) is 0. The van der Waals surface area contributed by atoms with Crippen molar-refractivity contribution in [3.63, 3.8) is 0 Å². The number of aromatic carboxylic acids is 1. The SMILES string of the molecule is Cc1cc(CNCCN2CCOCC2)oc1C(=O)O. The van der Waals surface area contributed by atoms with Gasteiger partial charge in [0.05, 0.1) is 19.8 Å². The number of rotatable bonds is 6. The van der Waals surface area contributed by atoms with E-state index in [0.29, 0.717) is 17.9 Å². The molecular formula is C13H20N2O4. The Labute approximate surface area is 112 Å². The van der Waals surface area contributed by atoms with Crippen molar-refractivity contribution in [3.05, 3.63) is 23.2 Å². The normalized spacial score (nSPS) is 16.7. The van der Waals surface area contributed by atoms with Gasteiger partial charge in [0.2, 0.25) is 5.76 Å². The van der Waals surface area contributed by atoms with Crippen molar-refractivity contribution < 1.29 is 19.1 Å². The largest absolute Gasteiger partial charge is 0.475 e. The number of ether oxygens (including phenoxy) is 1. The zero-order valence-corrected chi connectivity index (χ0v) is 11.1. The molecule has 1 aromatic rings. The van der Waals surface area contributed by atoms with Crippen molar-refractivity contribution in [2.24, 2.45) is 0 Å². The molecule has 0 aliphatic carbocycles. The van der Waals surface area contributed by atoms with E-state index in [1.54, 1.807) is 13.0 Å². The third-order valence-corrected chi connectivity index (χ3v) is 3.17. The quantitative estimate of drug-likeness (QED) is 0.740. The minimum Gasteiger partial charge on any atom is -0.475 e. The van der Waals surface area contributed by atoms with Crippen molar-refractivity contribution in [3.8, 4) is 0 Å². The summed E-state index contributed by atoms with van der Waals surface area (Å²) in [5.41, 5.74) is 0.664. The number of furan rings is 1. The monoisotopic (exact) mass is 268 g/mol. The molecule has 0 saturated carbocycles. The molecule has 1 aliphatic heterocycles. The van der Waals surface area contributed by atoms with Crippen LogP contribution in [0, 0.1) is 6.92 Å². The number of carboxylic acids is 1. The maximum absolute atomic E-state index is 10.8. The zero-order valence-electron chi connectivity index (χ0n) is 11.1. The van der Waals surface area contributed by atoms with E-state index in [9.17, 15) is 4.79 Å². The van der Waals surface area contributed by atoms with Crippen LogP contribution in [-0.2, 0) is 11.3 Å². The maximum atomic E-state index is 10.8. The Morgan fingerprint density at radius 3 is 2.84 bits per heavy atom. The minimum atomic E-state index is -1.02. The van der Waals surface area contributed by atoms with E-state index in [1.165, 1.54) is 0 Å². The molecule has 0 unspecified atom stereocenters. The van der Waals surface area contributed by atoms with Gasteiger partial charge >= 0.3 is 5.97 Å². The van der Waals surface area contributed by atoms with E-state index in [2.05, 4.69) is 10.2 Å². The van der Waals surface area contributed by atoms with Gasteiger partial charge in [-0.1, -0.05) is 0 Å². The number of hydrogen-bond acceptors (Lipinski definition) is 5. The highest BCUT2D eigenvalue weighted by atomic mass is 16.5. The topological polar surface area (TPSA) is 74.9 Å². The third-order valence-electron chi connectivity index (χ3n) is 3.17. The Morgan fingerprint density at radius 2 is 2.21 bits per heavy atom. The molecule has 0 spiro atoms. The summed E-state index contributed by atoms with van der Waals surface area (Å²) in [5.74, 6) is -0.320. The minimum absolute atomic E-state index is 0.0324. The van der Waals surface area contributed by atoms with Gasteiger partial charge in [-0.15, -0.1) is 0 Å². The molecule has 1 saturated heterocycles. The molecule has 0 atom stereocenters. The van der Waals surface area contributed by atoms with E-state index in [0.717, 1.165) is 39.4 Å². The van der Waals surface area contributed by atoms with E-state index in [-0.39, 0.29) is 5.76 Å². The molecule has 106 valence electrons. The Balaban J connectivity index is 1.70. The van der Waals surface area contributed by atoms with Crippen LogP contribution in [0.25, 0.3) is 0 Å². The van der Waals surface area contributed by atoms with Crippen LogP contribution in [0.4, 0.5) is 0 Å². The first kappa shape index (κ1) is 14.0. The van der Waals surface area contributed by atoms with E-state index in [4.69, 9.17) is 14.3 Å². The van der Waals surface area contributed by atoms with Crippen LogP contribution in [0.15, 0.2) is 10.5 Å². The Morgan fingerprint density at radius 1 is 1.47 bits per heavy atom. The fourth-order valence-corrected chi connectivity index (χ4v) is 2.12. The summed E-state index contributed by atoms with van der Waals surface area (Å²) in [6.45, 7) is 7.67. The summed E-state index contributed by atoms with van der Waals surface area (Å²) in [7, 11) is 0. The van der Waals surface area contributed by atoms with Crippen molar-refractivity contribution in [1.82, 2.24) is 10.2 Å². The molecule has 2 rings (SSSR count). The number of morpholine rings is 1. The number of aryl methyl sites for hydroxylation is 1. The molecule has 2 N–H and O–H groups in total. The standard InChI is InChI=1S/C13H20N2O4/c1-10-8-11(19-12(10)13(16)17)9-14-2-3-15-4-6-18-7-5-15/h8,14H,2-7,9H2,1H3,(H,16,17). The van der Waals surface area contributed by atoms with E-state index < -0.39 is 5.97 Å². The van der Waals surface area contributed by atoms with Crippen molar-refractivity contribution in [2.75, 3.05) is 39.4 Å². The molecule has 1 aliphatic rings. The van der Waals surface area contributed by atoms with Crippen LogP contribution in [0.3, 0.4) is 0 Å². The van der Waals surface area contributed by atoms with Crippen molar-refractivity contribution >= 4 is 5.97 Å². The highest BCUT2D eigenvalue weighted by Crippen LogP contribution is 2.14. The van der Waals surface area contributed by atoms with Gasteiger partial charge in [0.25, 0.3) is 0 Å². The Kier molecular flexibility index (Phi) is 4.95. The fourth-order valence-electron chi connectivity index (χ4n) is 2.12. The second-order valence-corrected chi connectivity index (χ2v) is 4.66. The zero-order chi connectivity index (χ0) is 13.7. The van der Waals surface area contributed by atoms with Crippen LogP contribution in [-0.4, -0.2) is 55.4 Å². The number of carbonyl (C=O) groups is 1. The average molecular weight is 268 g/mol. The molecule has 0 aromatic carbocycles. The van der Waals surface area contributed by atoms with Crippen LogP contribution in [0.2, 0.25) is 0 Å². The second-order valence-electron chi connectivity index (χ2n) is 4.66. The molecule has 0 amide bonds. The number of carboxylic acid groups (broad SMARTS) is 1. The lowest BCUT2D eigenvalue weighted by molar-refractivity contribution is 0.0383. The lowest BCUT2D eigenvalue weighted by atomic mass is 10.2. The first-order valence-corrected chi connectivity index (χ1v) is 6.50. The lowest BCUT2D eigenvalue weighted by Crippen LogP contribution is -2.40. The molecular weight excluding hydrogens is 248 g/mol. The van der Waals surface area contributed by atoms with Gasteiger partial charge in [-0.3, -0.25) is 4.90 Å². The highest BCUT2D eigenvalue weighted by molar-refractivity contribution is 5.86. The first-order chi connectivity index (χ1) is 9.16. The van der Waals surface area contributed by atoms with Crippen LogP contribution < -0.4 is 5.32 Å². The van der Waals surface area contributed by atoms with Gasteiger partial charge < -0.3 is 19.6 Å². The number of nitrogens with one attached hydrogen (secondary N) is 1. The number of nitrogens with zero attached hydrogens (tertiary/aromatic N) is 1. The highest BCUT2D eigenvalue weighted by Gasteiger charge is 2.14. The molecule has 2 heterocycles. The van der Waals surface area contributed by atoms with Crippen molar-refractivity contribution in [2.45, 2.75) is 13.5 Å². The predicted molar refractivity (Wildman–Crippen MR) is 69.4 cm³/mol. The van der Waals surface area contributed by atoms with Gasteiger partial charge in [-0.25, -0.2) is 4.79 Å². The fraction of sp³-hybridized carbons (Fsp3) is 0.615. The predicted octanol–water partition coefficient (Wildman–Crippen LogP) is 0.708. The lowest BCUT2D eigenvalue weighted by Gasteiger charge is -2.26. The van der Waals surface area contributed by atoms with Crippen LogP contribution in [0.1, 0.15) is 21.9 Å². The third kappa shape index (κ3) is 4.05. The second kappa shape index (κ2) is 6.70. The molecule has 0 radical (unpaired) electrons. The molecule has 19 heavy (non-hydrogen) atoms. The summed E-state index contributed by atoms with van der Waals surface area (Å²) in [6, 6.07) is 1.77. The van der Waals surface area contributed by atoms with Gasteiger partial charge in [0, 0.05) is 31.7 Å². The Hall–Kier alpha value is -1.37. The maximum Gasteiger partial charge on any atom is 0.372 e. The smallest absolute Gasteiger partial charge is 0.372 e. The molecule has 6 heteroatoms. The summed E-state index contributed by atoms with van der Waals surface area (Å²) in [4.78, 5) is 13.2. The first-order valence-electron chi connectivity index (χ1n) is 6.50. The van der Waals surface area contributed by atoms with Gasteiger partial charge in [0.15, 0.2) is 0 Å². The average Bonchev–Trinajstić information content (AvgIpc) is 2.77. The Bertz CT molecular complexity index is 424. The molecule has 1 aromatic heterocycles. The molecule has 1 fully saturated rings. The van der Waals surface area contributed by atoms with Gasteiger partial charge in [0.1, 0.15) is 5.76 Å². The number of hydrogen-bond donors (Lipinski definition) is 2. The van der Waals surface area contributed by atoms with Gasteiger partial charge in [-0.05, 0) is 13.0 Å². The van der Waals surface area contributed by atoms with Crippen molar-refractivity contribution in [1.29, 1.82) is 0 Å².